The fourth-order valence-electron chi connectivity index (χ4n) is 2.92. The van der Waals surface area contributed by atoms with Crippen LogP contribution in [0.2, 0.25) is 0 Å². The first kappa shape index (κ1) is 14.1. The number of fused-ring (bicyclic) bond motifs is 3. The number of nitrogens with zero attached hydrogens (tertiary/aromatic N) is 2. The summed E-state index contributed by atoms with van der Waals surface area (Å²) in [4.78, 5) is 6.58. The van der Waals surface area contributed by atoms with E-state index < -0.39 is 0 Å². The van der Waals surface area contributed by atoms with Crippen molar-refractivity contribution in [2.75, 3.05) is 38.7 Å². The molecule has 0 aromatic carbocycles. The third kappa shape index (κ3) is 2.30. The summed E-state index contributed by atoms with van der Waals surface area (Å²) in [6.45, 7) is 3.07. The van der Waals surface area contributed by atoms with Gasteiger partial charge in [0.15, 0.2) is 11.4 Å². The number of ether oxygens (including phenoxy) is 2. The van der Waals surface area contributed by atoms with Crippen LogP contribution in [-0.2, 0) is 4.74 Å². The number of anilines is 1. The normalized spacial score (nSPS) is 25.7. The molecule has 22 heavy (non-hydrogen) atoms. The Morgan fingerprint density at radius 2 is 2.23 bits per heavy atom. The topological polar surface area (TPSA) is 71.8 Å². The van der Waals surface area contributed by atoms with Crippen molar-refractivity contribution in [3.63, 3.8) is 0 Å². The number of halogens is 1. The van der Waals surface area contributed by atoms with E-state index in [0.29, 0.717) is 24.7 Å². The molecule has 0 bridgehead atoms. The van der Waals surface area contributed by atoms with E-state index >= 15 is 0 Å². The molecule has 8 heteroatoms. The number of nitrogens with one attached hydrogen (secondary N) is 2. The van der Waals surface area contributed by atoms with Crippen LogP contribution in [0, 0.1) is 0 Å². The number of aromatic nitrogens is 1. The summed E-state index contributed by atoms with van der Waals surface area (Å²) in [5.41, 5.74) is 1.06. The van der Waals surface area contributed by atoms with Gasteiger partial charge in [0, 0.05) is 13.1 Å². The van der Waals surface area contributed by atoms with Gasteiger partial charge in [-0.15, -0.1) is 0 Å². The van der Waals surface area contributed by atoms with Gasteiger partial charge in [0.05, 0.1) is 37.6 Å². The molecule has 0 saturated carbocycles. The van der Waals surface area contributed by atoms with Gasteiger partial charge in [-0.3, -0.25) is 10.2 Å². The first-order valence-corrected chi connectivity index (χ1v) is 7.65. The van der Waals surface area contributed by atoms with E-state index in [1.54, 1.807) is 13.3 Å². The van der Waals surface area contributed by atoms with Crippen LogP contribution in [0.15, 0.2) is 16.7 Å². The lowest BCUT2D eigenvalue weighted by Gasteiger charge is -2.38. The number of morpholine rings is 1. The molecule has 2 aliphatic rings. The van der Waals surface area contributed by atoms with E-state index in [1.165, 1.54) is 0 Å². The molecule has 2 aromatic heterocycles. The zero-order valence-corrected chi connectivity index (χ0v) is 12.9. The molecule has 1 fully saturated rings. The summed E-state index contributed by atoms with van der Waals surface area (Å²) < 4.78 is 16.6. The van der Waals surface area contributed by atoms with E-state index in [9.17, 15) is 0 Å². The standard InChI is InChI=1S/C14H17ClN4O3/c1-20-8-6-9-10-11(22-13(9)16-7-8)12(18-14(15)17-10)19-2-4-21-5-3-19/h6-7,12,14,17-18H,2-5H2,1H3. The largest absolute Gasteiger partial charge is 0.495 e. The summed E-state index contributed by atoms with van der Waals surface area (Å²) in [5.74, 6) is 1.49. The fraction of sp³-hybridized carbons (Fsp3) is 0.500. The SMILES string of the molecule is COc1cnc2oc3c(c2c1)NC(Cl)NC3N1CCOCC1. The molecular weight excluding hydrogens is 308 g/mol. The molecule has 0 radical (unpaired) electrons. The van der Waals surface area contributed by atoms with Gasteiger partial charge in [0.1, 0.15) is 11.9 Å². The molecule has 4 rings (SSSR count). The Kier molecular flexibility index (Phi) is 3.57. The Labute approximate surface area is 132 Å². The number of alkyl halides is 1. The van der Waals surface area contributed by atoms with Gasteiger partial charge in [-0.05, 0) is 6.07 Å². The number of hydrogen-bond donors (Lipinski definition) is 2. The Bertz CT molecular complexity index is 686. The maximum absolute atomic E-state index is 6.32. The smallest absolute Gasteiger partial charge is 0.228 e. The number of hydrogen-bond acceptors (Lipinski definition) is 7. The average Bonchev–Trinajstić information content (AvgIpc) is 2.92. The van der Waals surface area contributed by atoms with Gasteiger partial charge in [-0.2, -0.15) is 0 Å². The fourth-order valence-corrected chi connectivity index (χ4v) is 3.15. The quantitative estimate of drug-likeness (QED) is 0.643. The van der Waals surface area contributed by atoms with Gasteiger partial charge >= 0.3 is 0 Å². The van der Waals surface area contributed by atoms with Crippen LogP contribution in [0.5, 0.6) is 5.75 Å². The van der Waals surface area contributed by atoms with Gasteiger partial charge in [0.25, 0.3) is 0 Å². The van der Waals surface area contributed by atoms with Crippen LogP contribution in [0.25, 0.3) is 11.1 Å². The van der Waals surface area contributed by atoms with Gasteiger partial charge in [-0.1, -0.05) is 11.6 Å². The number of rotatable bonds is 2. The van der Waals surface area contributed by atoms with Crippen LogP contribution in [-0.4, -0.2) is 48.9 Å². The van der Waals surface area contributed by atoms with E-state index in [4.69, 9.17) is 25.5 Å². The molecule has 2 unspecified atom stereocenters. The number of pyridine rings is 1. The minimum Gasteiger partial charge on any atom is -0.495 e. The van der Waals surface area contributed by atoms with Crippen molar-refractivity contribution in [1.82, 2.24) is 15.2 Å². The van der Waals surface area contributed by atoms with E-state index in [2.05, 4.69) is 20.5 Å². The zero-order chi connectivity index (χ0) is 15.1. The van der Waals surface area contributed by atoms with E-state index in [-0.39, 0.29) is 11.8 Å². The molecule has 1 saturated heterocycles. The maximum atomic E-state index is 6.32. The number of methoxy groups -OCH3 is 1. The Morgan fingerprint density at radius 1 is 1.41 bits per heavy atom. The monoisotopic (exact) mass is 324 g/mol. The third-order valence-corrected chi connectivity index (χ3v) is 4.25. The molecule has 2 aromatic rings. The van der Waals surface area contributed by atoms with Gasteiger partial charge in [-0.25, -0.2) is 4.98 Å². The average molecular weight is 325 g/mol. The van der Waals surface area contributed by atoms with Crippen molar-refractivity contribution < 1.29 is 13.9 Å². The summed E-state index contributed by atoms with van der Waals surface area (Å²) in [6.07, 6.45) is 1.55. The summed E-state index contributed by atoms with van der Waals surface area (Å²) in [5, 5.41) is 7.39. The first-order chi connectivity index (χ1) is 10.8. The van der Waals surface area contributed by atoms with E-state index in [1.807, 2.05) is 6.07 Å². The van der Waals surface area contributed by atoms with Crippen LogP contribution >= 0.6 is 11.6 Å². The molecular formula is C14H17ClN4O3. The Balaban J connectivity index is 1.79. The van der Waals surface area contributed by atoms with Crippen LogP contribution in [0.3, 0.4) is 0 Å². The summed E-state index contributed by atoms with van der Waals surface area (Å²) in [6, 6.07) is 1.91. The predicted octanol–water partition coefficient (Wildman–Crippen LogP) is 1.70. The Hall–Kier alpha value is -1.54. The van der Waals surface area contributed by atoms with Crippen molar-refractivity contribution in [2.24, 2.45) is 0 Å². The van der Waals surface area contributed by atoms with Crippen molar-refractivity contribution in [3.8, 4) is 5.75 Å². The lowest BCUT2D eigenvalue weighted by atomic mass is 10.2. The predicted molar refractivity (Wildman–Crippen MR) is 82.1 cm³/mol. The van der Waals surface area contributed by atoms with E-state index in [0.717, 1.165) is 29.9 Å². The minimum atomic E-state index is -0.382. The molecule has 2 N–H and O–H groups in total. The first-order valence-electron chi connectivity index (χ1n) is 7.21. The molecule has 0 spiro atoms. The second-order valence-corrected chi connectivity index (χ2v) is 5.73. The highest BCUT2D eigenvalue weighted by Crippen LogP contribution is 2.40. The number of furan rings is 1. The molecule has 7 nitrogen and oxygen atoms in total. The van der Waals surface area contributed by atoms with Crippen molar-refractivity contribution in [3.05, 3.63) is 18.0 Å². The maximum Gasteiger partial charge on any atom is 0.228 e. The van der Waals surface area contributed by atoms with Crippen LogP contribution in [0.4, 0.5) is 5.69 Å². The highest BCUT2D eigenvalue weighted by Gasteiger charge is 2.35. The highest BCUT2D eigenvalue weighted by molar-refractivity contribution is 6.22. The van der Waals surface area contributed by atoms with Gasteiger partial charge in [0.2, 0.25) is 5.71 Å². The van der Waals surface area contributed by atoms with Crippen molar-refractivity contribution in [1.29, 1.82) is 0 Å². The molecule has 2 atom stereocenters. The second kappa shape index (κ2) is 5.58. The molecule has 4 heterocycles. The Morgan fingerprint density at radius 3 is 3.00 bits per heavy atom. The summed E-state index contributed by atoms with van der Waals surface area (Å²) >= 11 is 6.32. The molecule has 0 aliphatic carbocycles. The van der Waals surface area contributed by atoms with Crippen LogP contribution in [0.1, 0.15) is 11.9 Å². The second-order valence-electron chi connectivity index (χ2n) is 5.29. The summed E-state index contributed by atoms with van der Waals surface area (Å²) in [7, 11) is 1.62. The van der Waals surface area contributed by atoms with Crippen molar-refractivity contribution in [2.45, 2.75) is 11.8 Å². The molecule has 118 valence electrons. The third-order valence-electron chi connectivity index (χ3n) is 4.02. The highest BCUT2D eigenvalue weighted by atomic mass is 35.5. The zero-order valence-electron chi connectivity index (χ0n) is 12.1. The lowest BCUT2D eigenvalue weighted by Crippen LogP contribution is -2.50. The lowest BCUT2D eigenvalue weighted by molar-refractivity contribution is 0.00198. The van der Waals surface area contributed by atoms with Crippen LogP contribution < -0.4 is 15.4 Å². The molecule has 0 amide bonds. The molecule has 2 aliphatic heterocycles. The van der Waals surface area contributed by atoms with Gasteiger partial charge < -0.3 is 19.2 Å². The minimum absolute atomic E-state index is 0.0946. The van der Waals surface area contributed by atoms with Crippen molar-refractivity contribution >= 4 is 28.4 Å².